The lowest BCUT2D eigenvalue weighted by Gasteiger charge is -2.05. The number of aromatic nitrogens is 3. The molecule has 0 unspecified atom stereocenters. The fourth-order valence-corrected chi connectivity index (χ4v) is 1.35. The van der Waals surface area contributed by atoms with Gasteiger partial charge in [0.15, 0.2) is 0 Å². The first-order valence-electron chi connectivity index (χ1n) is 4.98. The molecule has 0 radical (unpaired) electrons. The Labute approximate surface area is 93.8 Å². The molecule has 0 saturated heterocycles. The van der Waals surface area contributed by atoms with Crippen LogP contribution in [0.5, 0.6) is 0 Å². The molecule has 16 heavy (non-hydrogen) atoms. The molecule has 0 spiro atoms. The molecule has 2 heterocycles. The van der Waals surface area contributed by atoms with Gasteiger partial charge in [0.1, 0.15) is 18.0 Å². The Morgan fingerprint density at radius 3 is 2.94 bits per heavy atom. The van der Waals surface area contributed by atoms with Crippen LogP contribution in [0.3, 0.4) is 0 Å². The molecule has 2 rings (SSSR count). The first-order valence-corrected chi connectivity index (χ1v) is 4.98. The van der Waals surface area contributed by atoms with Crippen molar-refractivity contribution >= 4 is 11.6 Å². The van der Waals surface area contributed by atoms with Crippen molar-refractivity contribution in [1.29, 1.82) is 0 Å². The van der Waals surface area contributed by atoms with Gasteiger partial charge in [0.05, 0.1) is 12.2 Å². The largest absolute Gasteiger partial charge is 0.384 e. The molecule has 2 aromatic heterocycles. The SMILES string of the molecule is Cc1cccc(CNc2cc(N)ncn2)n1. The molecule has 0 atom stereocenters. The molecule has 5 nitrogen and oxygen atoms in total. The minimum Gasteiger partial charge on any atom is -0.384 e. The first-order chi connectivity index (χ1) is 7.74. The molecule has 0 fully saturated rings. The third kappa shape index (κ3) is 2.66. The molecular weight excluding hydrogens is 202 g/mol. The van der Waals surface area contributed by atoms with E-state index in [9.17, 15) is 0 Å². The second-order valence-electron chi connectivity index (χ2n) is 3.45. The van der Waals surface area contributed by atoms with E-state index in [4.69, 9.17) is 5.73 Å². The molecule has 3 N–H and O–H groups in total. The Bertz CT molecular complexity index is 438. The van der Waals surface area contributed by atoms with Gasteiger partial charge in [0.25, 0.3) is 0 Å². The maximum atomic E-state index is 5.54. The average Bonchev–Trinajstić information content (AvgIpc) is 2.27. The maximum absolute atomic E-state index is 5.54. The van der Waals surface area contributed by atoms with Crippen LogP contribution in [0.1, 0.15) is 11.4 Å². The molecule has 0 aromatic carbocycles. The number of nitrogens with zero attached hydrogens (tertiary/aromatic N) is 3. The number of rotatable bonds is 3. The van der Waals surface area contributed by atoms with Crippen LogP contribution in [0.4, 0.5) is 11.6 Å². The summed E-state index contributed by atoms with van der Waals surface area (Å²) in [5.41, 5.74) is 7.52. The average molecular weight is 215 g/mol. The van der Waals surface area contributed by atoms with Crippen LogP contribution in [-0.2, 0) is 6.54 Å². The zero-order valence-electron chi connectivity index (χ0n) is 9.01. The predicted octanol–water partition coefficient (Wildman–Crippen LogP) is 1.37. The van der Waals surface area contributed by atoms with Gasteiger partial charge >= 0.3 is 0 Å². The molecule has 0 bridgehead atoms. The minimum atomic E-state index is 0.453. The molecule has 0 aliphatic heterocycles. The maximum Gasteiger partial charge on any atom is 0.131 e. The zero-order valence-corrected chi connectivity index (χ0v) is 9.01. The third-order valence-corrected chi connectivity index (χ3v) is 2.08. The molecule has 0 amide bonds. The quantitative estimate of drug-likeness (QED) is 0.808. The molecule has 5 heteroatoms. The van der Waals surface area contributed by atoms with Crippen molar-refractivity contribution in [1.82, 2.24) is 15.0 Å². The summed E-state index contributed by atoms with van der Waals surface area (Å²) in [7, 11) is 0. The van der Waals surface area contributed by atoms with Gasteiger partial charge in [-0.25, -0.2) is 9.97 Å². The molecule has 2 aromatic rings. The fraction of sp³-hybridized carbons (Fsp3) is 0.182. The lowest BCUT2D eigenvalue weighted by Crippen LogP contribution is -2.04. The van der Waals surface area contributed by atoms with Gasteiger partial charge < -0.3 is 11.1 Å². The van der Waals surface area contributed by atoms with Crippen molar-refractivity contribution in [3.63, 3.8) is 0 Å². The number of nitrogen functional groups attached to an aromatic ring is 1. The van der Waals surface area contributed by atoms with Gasteiger partial charge in [0.2, 0.25) is 0 Å². The number of hydrogen-bond donors (Lipinski definition) is 2. The predicted molar refractivity (Wildman–Crippen MR) is 62.7 cm³/mol. The summed E-state index contributed by atoms with van der Waals surface area (Å²) in [5.74, 6) is 1.16. The highest BCUT2D eigenvalue weighted by Crippen LogP contribution is 2.06. The lowest BCUT2D eigenvalue weighted by molar-refractivity contribution is 0.998. The van der Waals surface area contributed by atoms with Crippen molar-refractivity contribution < 1.29 is 0 Å². The monoisotopic (exact) mass is 215 g/mol. The van der Waals surface area contributed by atoms with E-state index in [-0.39, 0.29) is 0 Å². The van der Waals surface area contributed by atoms with Crippen molar-refractivity contribution in [2.24, 2.45) is 0 Å². The minimum absolute atomic E-state index is 0.453. The van der Waals surface area contributed by atoms with Gasteiger partial charge in [-0.2, -0.15) is 0 Å². The standard InChI is InChI=1S/C11H13N5/c1-8-3-2-4-9(16-8)6-13-11-5-10(12)14-7-15-11/h2-5,7H,6H2,1H3,(H3,12,13,14,15). The first kappa shape index (κ1) is 10.4. The smallest absolute Gasteiger partial charge is 0.131 e. The molecule has 0 saturated carbocycles. The van der Waals surface area contributed by atoms with Crippen LogP contribution >= 0.6 is 0 Å². The highest BCUT2D eigenvalue weighted by molar-refractivity contribution is 5.43. The number of nitrogens with two attached hydrogens (primary N) is 1. The Kier molecular flexibility index (Phi) is 2.95. The Morgan fingerprint density at radius 2 is 2.19 bits per heavy atom. The van der Waals surface area contributed by atoms with Gasteiger partial charge in [-0.1, -0.05) is 6.07 Å². The van der Waals surface area contributed by atoms with Gasteiger partial charge in [-0.3, -0.25) is 4.98 Å². The Hall–Kier alpha value is -2.17. The summed E-state index contributed by atoms with van der Waals surface area (Å²) in [6.45, 7) is 2.59. The summed E-state index contributed by atoms with van der Waals surface area (Å²) < 4.78 is 0. The van der Waals surface area contributed by atoms with Crippen molar-refractivity contribution in [3.8, 4) is 0 Å². The van der Waals surface area contributed by atoms with E-state index in [1.807, 2.05) is 25.1 Å². The van der Waals surface area contributed by atoms with E-state index in [0.29, 0.717) is 18.2 Å². The van der Waals surface area contributed by atoms with E-state index in [1.165, 1.54) is 6.33 Å². The summed E-state index contributed by atoms with van der Waals surface area (Å²) in [6.07, 6.45) is 1.43. The molecule has 0 aliphatic carbocycles. The Morgan fingerprint density at radius 1 is 1.31 bits per heavy atom. The Balaban J connectivity index is 2.02. The topological polar surface area (TPSA) is 76.7 Å². The van der Waals surface area contributed by atoms with Crippen LogP contribution in [-0.4, -0.2) is 15.0 Å². The number of anilines is 2. The third-order valence-electron chi connectivity index (χ3n) is 2.08. The van der Waals surface area contributed by atoms with E-state index in [0.717, 1.165) is 11.4 Å². The van der Waals surface area contributed by atoms with Gasteiger partial charge in [-0.15, -0.1) is 0 Å². The molecular formula is C11H13N5. The number of aryl methyl sites for hydroxylation is 1. The van der Waals surface area contributed by atoms with Crippen molar-refractivity contribution in [3.05, 3.63) is 42.0 Å². The normalized spacial score (nSPS) is 10.1. The second-order valence-corrected chi connectivity index (χ2v) is 3.45. The number of hydrogen-bond acceptors (Lipinski definition) is 5. The van der Waals surface area contributed by atoms with Crippen LogP contribution < -0.4 is 11.1 Å². The van der Waals surface area contributed by atoms with Gasteiger partial charge in [-0.05, 0) is 19.1 Å². The van der Waals surface area contributed by atoms with E-state index < -0.39 is 0 Å². The fourth-order valence-electron chi connectivity index (χ4n) is 1.35. The van der Waals surface area contributed by atoms with E-state index in [2.05, 4.69) is 20.3 Å². The van der Waals surface area contributed by atoms with Crippen LogP contribution in [0, 0.1) is 6.92 Å². The molecule has 0 aliphatic rings. The van der Waals surface area contributed by atoms with Crippen LogP contribution in [0.2, 0.25) is 0 Å². The van der Waals surface area contributed by atoms with E-state index in [1.54, 1.807) is 6.07 Å². The zero-order chi connectivity index (χ0) is 11.4. The number of nitrogens with one attached hydrogen (secondary N) is 1. The summed E-state index contributed by atoms with van der Waals surface area (Å²) in [6, 6.07) is 7.60. The van der Waals surface area contributed by atoms with Crippen molar-refractivity contribution in [2.75, 3.05) is 11.1 Å². The highest BCUT2D eigenvalue weighted by atomic mass is 15.0. The lowest BCUT2D eigenvalue weighted by atomic mass is 10.3. The summed E-state index contributed by atoms with van der Waals surface area (Å²) in [5, 5.41) is 3.14. The highest BCUT2D eigenvalue weighted by Gasteiger charge is 1.97. The van der Waals surface area contributed by atoms with E-state index >= 15 is 0 Å². The second kappa shape index (κ2) is 4.57. The summed E-state index contributed by atoms with van der Waals surface area (Å²) in [4.78, 5) is 12.2. The van der Waals surface area contributed by atoms with Crippen LogP contribution in [0.15, 0.2) is 30.6 Å². The van der Waals surface area contributed by atoms with Crippen molar-refractivity contribution in [2.45, 2.75) is 13.5 Å². The van der Waals surface area contributed by atoms with Gasteiger partial charge in [0, 0.05) is 11.8 Å². The number of pyridine rings is 1. The molecule has 82 valence electrons. The van der Waals surface area contributed by atoms with Crippen LogP contribution in [0.25, 0.3) is 0 Å². The summed E-state index contributed by atoms with van der Waals surface area (Å²) >= 11 is 0.